The second kappa shape index (κ2) is 7.79. The van der Waals surface area contributed by atoms with Crippen LogP contribution >= 0.6 is 24.0 Å². The zero-order valence-corrected chi connectivity index (χ0v) is 14.6. The van der Waals surface area contributed by atoms with Gasteiger partial charge in [0.2, 0.25) is 10.0 Å². The summed E-state index contributed by atoms with van der Waals surface area (Å²) >= 11 is 6.07. The summed E-state index contributed by atoms with van der Waals surface area (Å²) in [5.41, 5.74) is 0.969. The van der Waals surface area contributed by atoms with Crippen LogP contribution in [0.3, 0.4) is 0 Å². The molecule has 0 amide bonds. The van der Waals surface area contributed by atoms with Gasteiger partial charge in [-0.1, -0.05) is 31.5 Å². The lowest BCUT2D eigenvalue weighted by Gasteiger charge is -2.24. The lowest BCUT2D eigenvalue weighted by atomic mass is 10.0. The minimum Gasteiger partial charge on any atom is -0.315 e. The lowest BCUT2D eigenvalue weighted by molar-refractivity contribution is 0.428. The highest BCUT2D eigenvalue weighted by Crippen LogP contribution is 2.26. The zero-order valence-electron chi connectivity index (χ0n) is 12.2. The van der Waals surface area contributed by atoms with Crippen LogP contribution in [0, 0.1) is 0 Å². The van der Waals surface area contributed by atoms with E-state index in [9.17, 15) is 8.42 Å². The van der Waals surface area contributed by atoms with Gasteiger partial charge in [0, 0.05) is 12.6 Å². The van der Waals surface area contributed by atoms with Crippen LogP contribution < -0.4 is 10.0 Å². The van der Waals surface area contributed by atoms with Gasteiger partial charge in [0.05, 0.1) is 5.02 Å². The van der Waals surface area contributed by atoms with E-state index < -0.39 is 10.0 Å². The number of nitrogens with one attached hydrogen (secondary N) is 2. The van der Waals surface area contributed by atoms with Gasteiger partial charge in [0.25, 0.3) is 0 Å². The molecular formula is C14H22Cl2N2O2S. The fourth-order valence-corrected chi connectivity index (χ4v) is 4.13. The van der Waals surface area contributed by atoms with Crippen LogP contribution in [0.25, 0.3) is 0 Å². The number of sulfonamides is 1. The first-order valence-electron chi connectivity index (χ1n) is 6.92. The fourth-order valence-electron chi connectivity index (χ4n) is 2.32. The Morgan fingerprint density at radius 2 is 2.10 bits per heavy atom. The van der Waals surface area contributed by atoms with Crippen LogP contribution in [0.1, 0.15) is 38.2 Å². The van der Waals surface area contributed by atoms with Crippen LogP contribution in [0.2, 0.25) is 5.02 Å². The van der Waals surface area contributed by atoms with Crippen molar-refractivity contribution in [2.45, 2.75) is 43.5 Å². The van der Waals surface area contributed by atoms with Gasteiger partial charge in [-0.05, 0) is 43.0 Å². The van der Waals surface area contributed by atoms with E-state index in [1.54, 1.807) is 12.1 Å². The summed E-state index contributed by atoms with van der Waals surface area (Å²) in [6, 6.07) is 5.14. The molecule has 2 rings (SSSR count). The molecule has 1 saturated heterocycles. The quantitative estimate of drug-likeness (QED) is 0.875. The van der Waals surface area contributed by atoms with Crippen LogP contribution in [0.5, 0.6) is 0 Å². The summed E-state index contributed by atoms with van der Waals surface area (Å²) in [7, 11) is -3.57. The molecule has 1 unspecified atom stereocenters. The van der Waals surface area contributed by atoms with Gasteiger partial charge in [-0.25, -0.2) is 13.1 Å². The highest BCUT2D eigenvalue weighted by molar-refractivity contribution is 7.89. The smallest absolute Gasteiger partial charge is 0.242 e. The zero-order chi connectivity index (χ0) is 14.8. The minimum absolute atomic E-state index is 0. The highest BCUT2D eigenvalue weighted by atomic mass is 35.5. The Hall–Kier alpha value is -0.330. The third-order valence-corrected chi connectivity index (χ3v) is 5.53. The maximum atomic E-state index is 12.5. The van der Waals surface area contributed by atoms with Gasteiger partial charge >= 0.3 is 0 Å². The molecule has 4 nitrogen and oxygen atoms in total. The molecule has 21 heavy (non-hydrogen) atoms. The SMILES string of the molecule is CC(C)c1ccc(Cl)c(S(=O)(=O)NC2CCCNC2)c1.Cl. The van der Waals surface area contributed by atoms with E-state index in [2.05, 4.69) is 10.0 Å². The van der Waals surface area contributed by atoms with Gasteiger partial charge in [-0.3, -0.25) is 0 Å². The third kappa shape index (κ3) is 4.83. The number of hydrogen-bond donors (Lipinski definition) is 2. The number of benzene rings is 1. The van der Waals surface area contributed by atoms with E-state index in [0.29, 0.717) is 6.54 Å². The normalized spacial score (nSPS) is 19.3. The number of rotatable bonds is 4. The summed E-state index contributed by atoms with van der Waals surface area (Å²) in [4.78, 5) is 0.177. The molecule has 2 N–H and O–H groups in total. The summed E-state index contributed by atoms with van der Waals surface area (Å²) < 4.78 is 27.7. The predicted octanol–water partition coefficient (Wildman–Crippen LogP) is 2.92. The highest BCUT2D eigenvalue weighted by Gasteiger charge is 2.24. The number of piperidine rings is 1. The first-order chi connectivity index (χ1) is 9.40. The van der Waals surface area contributed by atoms with Crippen LogP contribution in [0.4, 0.5) is 0 Å². The molecular weight excluding hydrogens is 331 g/mol. The van der Waals surface area contributed by atoms with Gasteiger partial charge in [-0.15, -0.1) is 12.4 Å². The molecule has 1 atom stereocenters. The third-order valence-electron chi connectivity index (χ3n) is 3.53. The van der Waals surface area contributed by atoms with Crippen molar-refractivity contribution in [2.75, 3.05) is 13.1 Å². The van der Waals surface area contributed by atoms with Crippen LogP contribution in [-0.4, -0.2) is 27.5 Å². The van der Waals surface area contributed by atoms with Crippen molar-refractivity contribution in [3.63, 3.8) is 0 Å². The number of halogens is 2. The second-order valence-corrected chi connectivity index (χ2v) is 7.60. The van der Waals surface area contributed by atoms with Crippen LogP contribution in [0.15, 0.2) is 23.1 Å². The Bertz CT molecular complexity index is 570. The fraction of sp³-hybridized carbons (Fsp3) is 0.571. The first kappa shape index (κ1) is 18.7. The second-order valence-electron chi connectivity index (χ2n) is 5.51. The van der Waals surface area contributed by atoms with E-state index in [4.69, 9.17) is 11.6 Å². The maximum absolute atomic E-state index is 12.5. The molecule has 1 aromatic carbocycles. The van der Waals surface area contributed by atoms with E-state index in [0.717, 1.165) is 24.9 Å². The molecule has 0 bridgehead atoms. The van der Waals surface area contributed by atoms with Crippen LogP contribution in [-0.2, 0) is 10.0 Å². The standard InChI is InChI=1S/C14H21ClN2O2S.ClH/c1-10(2)11-5-6-13(15)14(8-11)20(18,19)17-12-4-3-7-16-9-12;/h5-6,8,10,12,16-17H,3-4,7,9H2,1-2H3;1H. The largest absolute Gasteiger partial charge is 0.315 e. The molecule has 1 aliphatic heterocycles. The maximum Gasteiger partial charge on any atom is 0.242 e. The number of hydrogen-bond acceptors (Lipinski definition) is 3. The van der Waals surface area contributed by atoms with Crippen molar-refractivity contribution < 1.29 is 8.42 Å². The van der Waals surface area contributed by atoms with E-state index >= 15 is 0 Å². The molecule has 0 aliphatic carbocycles. The van der Waals surface area contributed by atoms with Crippen molar-refractivity contribution in [1.82, 2.24) is 10.0 Å². The Morgan fingerprint density at radius 1 is 1.38 bits per heavy atom. The molecule has 1 aromatic rings. The average Bonchev–Trinajstić information content (AvgIpc) is 2.39. The van der Waals surface area contributed by atoms with Gasteiger partial charge in [-0.2, -0.15) is 0 Å². The monoisotopic (exact) mass is 352 g/mol. The van der Waals surface area contributed by atoms with Gasteiger partial charge in [0.1, 0.15) is 4.90 Å². The molecule has 0 radical (unpaired) electrons. The Kier molecular flexibility index (Phi) is 6.94. The van der Waals surface area contributed by atoms with Crippen molar-refractivity contribution in [1.29, 1.82) is 0 Å². The van der Waals surface area contributed by atoms with E-state index in [1.807, 2.05) is 19.9 Å². The predicted molar refractivity (Wildman–Crippen MR) is 89.0 cm³/mol. The lowest BCUT2D eigenvalue weighted by Crippen LogP contribution is -2.45. The van der Waals surface area contributed by atoms with E-state index in [-0.39, 0.29) is 34.3 Å². The summed E-state index contributed by atoms with van der Waals surface area (Å²) in [5, 5.41) is 3.46. The average molecular weight is 353 g/mol. The topological polar surface area (TPSA) is 58.2 Å². The summed E-state index contributed by atoms with van der Waals surface area (Å²) in [6.07, 6.45) is 1.83. The van der Waals surface area contributed by atoms with Gasteiger partial charge in [0.15, 0.2) is 0 Å². The molecule has 7 heteroatoms. The Morgan fingerprint density at radius 3 is 2.67 bits per heavy atom. The molecule has 0 saturated carbocycles. The van der Waals surface area contributed by atoms with Gasteiger partial charge < -0.3 is 5.32 Å². The minimum atomic E-state index is -3.57. The first-order valence-corrected chi connectivity index (χ1v) is 8.79. The molecule has 0 spiro atoms. The summed E-state index contributed by atoms with van der Waals surface area (Å²) in [6.45, 7) is 5.67. The molecule has 1 heterocycles. The van der Waals surface area contributed by atoms with Crippen molar-refractivity contribution in [3.05, 3.63) is 28.8 Å². The molecule has 1 fully saturated rings. The molecule has 1 aliphatic rings. The van der Waals surface area contributed by atoms with Crippen molar-refractivity contribution in [3.8, 4) is 0 Å². The Balaban J connectivity index is 0.00000220. The Labute approximate surface area is 138 Å². The molecule has 0 aromatic heterocycles. The van der Waals surface area contributed by atoms with Crippen molar-refractivity contribution in [2.24, 2.45) is 0 Å². The van der Waals surface area contributed by atoms with Crippen molar-refractivity contribution >= 4 is 34.0 Å². The summed E-state index contributed by atoms with van der Waals surface area (Å²) in [5.74, 6) is 0.262. The van der Waals surface area contributed by atoms with E-state index in [1.165, 1.54) is 0 Å². The molecule has 120 valence electrons.